The van der Waals surface area contributed by atoms with Gasteiger partial charge >= 0.3 is 6.18 Å². The van der Waals surface area contributed by atoms with Gasteiger partial charge in [0.2, 0.25) is 0 Å². The fraction of sp³-hybridized carbons (Fsp3) is 0.500. The van der Waals surface area contributed by atoms with Gasteiger partial charge in [-0.25, -0.2) is 0 Å². The Morgan fingerprint density at radius 1 is 1.30 bits per heavy atom. The average molecular weight is 287 g/mol. The molecule has 1 aromatic rings. The fourth-order valence-electron chi connectivity index (χ4n) is 2.47. The maximum Gasteiger partial charge on any atom is 0.391 e. The Morgan fingerprint density at radius 3 is 2.45 bits per heavy atom. The summed E-state index contributed by atoms with van der Waals surface area (Å²) in [6, 6.07) is 4.98. The van der Waals surface area contributed by atoms with Crippen LogP contribution in [0.2, 0.25) is 0 Å². The van der Waals surface area contributed by atoms with Crippen LogP contribution >= 0.6 is 0 Å². The number of piperidine rings is 1. The normalized spacial score (nSPS) is 17.1. The van der Waals surface area contributed by atoms with Crippen LogP contribution < -0.4 is 9.64 Å². The van der Waals surface area contributed by atoms with E-state index in [0.717, 1.165) is 0 Å². The predicted molar refractivity (Wildman–Crippen MR) is 69.4 cm³/mol. The maximum absolute atomic E-state index is 12.6. The Morgan fingerprint density at radius 2 is 1.95 bits per heavy atom. The zero-order valence-electron chi connectivity index (χ0n) is 11.1. The van der Waals surface area contributed by atoms with Gasteiger partial charge in [-0.2, -0.15) is 13.2 Å². The first-order chi connectivity index (χ1) is 9.45. The van der Waals surface area contributed by atoms with E-state index in [9.17, 15) is 18.0 Å². The second-order valence-electron chi connectivity index (χ2n) is 4.85. The van der Waals surface area contributed by atoms with Crippen molar-refractivity contribution in [1.82, 2.24) is 0 Å². The molecule has 0 amide bonds. The zero-order chi connectivity index (χ0) is 14.8. The topological polar surface area (TPSA) is 29.5 Å². The summed E-state index contributed by atoms with van der Waals surface area (Å²) in [5.41, 5.74) is 1.11. The maximum atomic E-state index is 12.6. The quantitative estimate of drug-likeness (QED) is 0.799. The number of anilines is 1. The van der Waals surface area contributed by atoms with Gasteiger partial charge in [0, 0.05) is 24.7 Å². The summed E-state index contributed by atoms with van der Waals surface area (Å²) in [5, 5.41) is 0. The molecule has 0 aromatic heterocycles. The molecule has 0 unspecified atom stereocenters. The van der Waals surface area contributed by atoms with Crippen LogP contribution in [0.4, 0.5) is 18.9 Å². The first kappa shape index (κ1) is 14.7. The number of hydrogen-bond donors (Lipinski definition) is 0. The van der Waals surface area contributed by atoms with Crippen LogP contribution in [0.3, 0.4) is 0 Å². The van der Waals surface area contributed by atoms with Crippen molar-refractivity contribution in [2.75, 3.05) is 25.1 Å². The molecule has 1 aliphatic rings. The third-order valence-electron chi connectivity index (χ3n) is 3.66. The van der Waals surface area contributed by atoms with E-state index in [-0.39, 0.29) is 25.9 Å². The van der Waals surface area contributed by atoms with Gasteiger partial charge in [0.05, 0.1) is 18.7 Å². The summed E-state index contributed by atoms with van der Waals surface area (Å²) in [6.07, 6.45) is -3.31. The highest BCUT2D eigenvalue weighted by Crippen LogP contribution is 2.36. The molecule has 1 aliphatic heterocycles. The predicted octanol–water partition coefficient (Wildman–Crippen LogP) is 3.29. The molecule has 0 spiro atoms. The first-order valence-electron chi connectivity index (χ1n) is 6.40. The smallest absolute Gasteiger partial charge is 0.391 e. The summed E-state index contributed by atoms with van der Waals surface area (Å²) in [4.78, 5) is 12.9. The SMILES string of the molecule is COc1ccc(C=O)c(N2CCC(C(F)(F)F)CC2)c1. The van der Waals surface area contributed by atoms with Crippen LogP contribution in [0, 0.1) is 5.92 Å². The van der Waals surface area contributed by atoms with Gasteiger partial charge in [0.15, 0.2) is 6.29 Å². The molecular formula is C14H16F3NO2. The summed E-state index contributed by atoms with van der Waals surface area (Å²) >= 11 is 0. The molecule has 6 heteroatoms. The molecule has 0 bridgehead atoms. The number of benzene rings is 1. The number of carbonyl (C=O) groups excluding carboxylic acids is 1. The van der Waals surface area contributed by atoms with Crippen LogP contribution in [-0.4, -0.2) is 32.7 Å². The van der Waals surface area contributed by atoms with E-state index in [1.165, 1.54) is 7.11 Å². The molecule has 3 nitrogen and oxygen atoms in total. The number of halogens is 3. The number of nitrogens with zero attached hydrogens (tertiary/aromatic N) is 1. The second-order valence-corrected chi connectivity index (χ2v) is 4.85. The molecule has 0 radical (unpaired) electrons. The summed E-state index contributed by atoms with van der Waals surface area (Å²) in [6.45, 7) is 0.580. The van der Waals surface area contributed by atoms with E-state index in [2.05, 4.69) is 0 Å². The number of ether oxygens (including phenoxy) is 1. The number of carbonyl (C=O) groups is 1. The minimum absolute atomic E-state index is 0.0546. The van der Waals surface area contributed by atoms with E-state index in [1.54, 1.807) is 18.2 Å². The molecule has 0 atom stereocenters. The van der Waals surface area contributed by atoms with Crippen LogP contribution in [-0.2, 0) is 0 Å². The lowest BCUT2D eigenvalue weighted by atomic mass is 9.95. The van der Waals surface area contributed by atoms with Gasteiger partial charge in [-0.3, -0.25) is 4.79 Å². The first-order valence-corrected chi connectivity index (χ1v) is 6.40. The van der Waals surface area contributed by atoms with Gasteiger partial charge in [0.25, 0.3) is 0 Å². The summed E-state index contributed by atoms with van der Waals surface area (Å²) < 4.78 is 43.0. The van der Waals surface area contributed by atoms with Crippen molar-refractivity contribution >= 4 is 12.0 Å². The van der Waals surface area contributed by atoms with Gasteiger partial charge < -0.3 is 9.64 Å². The Kier molecular flexibility index (Phi) is 4.20. The van der Waals surface area contributed by atoms with Crippen molar-refractivity contribution in [1.29, 1.82) is 0 Å². The average Bonchev–Trinajstić information content (AvgIpc) is 2.45. The van der Waals surface area contributed by atoms with Crippen molar-refractivity contribution in [3.05, 3.63) is 23.8 Å². The Balaban J connectivity index is 2.15. The largest absolute Gasteiger partial charge is 0.497 e. The van der Waals surface area contributed by atoms with Crippen molar-refractivity contribution in [2.24, 2.45) is 5.92 Å². The lowest BCUT2D eigenvalue weighted by molar-refractivity contribution is -0.179. The summed E-state index contributed by atoms with van der Waals surface area (Å²) in [7, 11) is 1.51. The highest BCUT2D eigenvalue weighted by Gasteiger charge is 2.41. The third kappa shape index (κ3) is 3.05. The molecule has 2 rings (SSSR count). The van der Waals surface area contributed by atoms with E-state index < -0.39 is 12.1 Å². The Hall–Kier alpha value is -1.72. The van der Waals surface area contributed by atoms with E-state index in [4.69, 9.17) is 4.74 Å². The minimum atomic E-state index is -4.13. The van der Waals surface area contributed by atoms with Crippen molar-refractivity contribution in [2.45, 2.75) is 19.0 Å². The monoisotopic (exact) mass is 287 g/mol. The van der Waals surface area contributed by atoms with Crippen molar-refractivity contribution in [3.63, 3.8) is 0 Å². The molecule has 0 N–H and O–H groups in total. The fourth-order valence-corrected chi connectivity index (χ4v) is 2.47. The number of hydrogen-bond acceptors (Lipinski definition) is 3. The molecule has 0 aliphatic carbocycles. The highest BCUT2D eigenvalue weighted by atomic mass is 19.4. The third-order valence-corrected chi connectivity index (χ3v) is 3.66. The van der Waals surface area contributed by atoms with E-state index in [1.807, 2.05) is 4.90 Å². The van der Waals surface area contributed by atoms with Crippen LogP contribution in [0.15, 0.2) is 18.2 Å². The lowest BCUT2D eigenvalue weighted by Gasteiger charge is -2.35. The van der Waals surface area contributed by atoms with E-state index in [0.29, 0.717) is 23.3 Å². The number of aldehydes is 1. The summed E-state index contributed by atoms with van der Waals surface area (Å²) in [5.74, 6) is -0.660. The molecular weight excluding hydrogens is 271 g/mol. The molecule has 20 heavy (non-hydrogen) atoms. The van der Waals surface area contributed by atoms with Crippen LogP contribution in [0.25, 0.3) is 0 Å². The van der Waals surface area contributed by atoms with Gasteiger partial charge in [-0.05, 0) is 25.0 Å². The van der Waals surface area contributed by atoms with Crippen molar-refractivity contribution in [3.8, 4) is 5.75 Å². The Labute approximate surface area is 115 Å². The Bertz CT molecular complexity index is 480. The lowest BCUT2D eigenvalue weighted by Crippen LogP contribution is -2.39. The minimum Gasteiger partial charge on any atom is -0.497 e. The zero-order valence-corrected chi connectivity index (χ0v) is 11.1. The molecule has 1 saturated heterocycles. The molecule has 0 saturated carbocycles. The molecule has 110 valence electrons. The number of alkyl halides is 3. The highest BCUT2D eigenvalue weighted by molar-refractivity contribution is 5.85. The number of methoxy groups -OCH3 is 1. The van der Waals surface area contributed by atoms with Crippen molar-refractivity contribution < 1.29 is 22.7 Å². The second kappa shape index (κ2) is 5.73. The molecule has 1 fully saturated rings. The standard InChI is InChI=1S/C14H16F3NO2/c1-20-12-3-2-10(9-19)13(8-12)18-6-4-11(5-7-18)14(15,16)17/h2-3,8-9,11H,4-7H2,1H3. The van der Waals surface area contributed by atoms with Crippen LogP contribution in [0.1, 0.15) is 23.2 Å². The van der Waals surface area contributed by atoms with Gasteiger partial charge in [-0.1, -0.05) is 0 Å². The number of rotatable bonds is 3. The van der Waals surface area contributed by atoms with Gasteiger partial charge in [0.1, 0.15) is 5.75 Å². The van der Waals surface area contributed by atoms with Crippen LogP contribution in [0.5, 0.6) is 5.75 Å². The van der Waals surface area contributed by atoms with Gasteiger partial charge in [-0.15, -0.1) is 0 Å². The molecule has 1 heterocycles. The molecule has 1 aromatic carbocycles. The van der Waals surface area contributed by atoms with E-state index >= 15 is 0 Å².